The molecule has 5 aromatic rings. The Morgan fingerprint density at radius 2 is 1.30 bits per heavy atom. The molecule has 3 heterocycles. The fraction of sp³-hybridized carbons (Fsp3) is 0.200. The van der Waals surface area contributed by atoms with Crippen molar-refractivity contribution in [3.63, 3.8) is 0 Å². The summed E-state index contributed by atoms with van der Waals surface area (Å²) in [5.41, 5.74) is 5.90. The molecule has 1 aliphatic heterocycles. The zero-order valence-electron chi connectivity index (χ0n) is 21.0. The van der Waals surface area contributed by atoms with E-state index in [2.05, 4.69) is 52.3 Å². The van der Waals surface area contributed by atoms with E-state index in [1.54, 1.807) is 14.2 Å². The van der Waals surface area contributed by atoms with Crippen LogP contribution in [0.3, 0.4) is 0 Å². The number of hydrogen-bond acceptors (Lipinski definition) is 6. The van der Waals surface area contributed by atoms with Crippen LogP contribution in [0.5, 0.6) is 11.5 Å². The quantitative estimate of drug-likeness (QED) is 0.317. The molecule has 0 amide bonds. The molecule has 0 unspecified atom stereocenters. The van der Waals surface area contributed by atoms with Gasteiger partial charge in [0.2, 0.25) is 0 Å². The molecule has 0 N–H and O–H groups in total. The summed E-state index contributed by atoms with van der Waals surface area (Å²) >= 11 is 0. The van der Waals surface area contributed by atoms with Gasteiger partial charge in [0.15, 0.2) is 5.65 Å². The number of ether oxygens (including phenoxy) is 2. The van der Waals surface area contributed by atoms with Gasteiger partial charge >= 0.3 is 0 Å². The van der Waals surface area contributed by atoms with Crippen LogP contribution in [-0.2, 0) is 0 Å². The molecule has 7 heteroatoms. The third kappa shape index (κ3) is 4.56. The highest BCUT2D eigenvalue weighted by molar-refractivity contribution is 5.71. The molecule has 186 valence electrons. The molecule has 0 radical (unpaired) electrons. The summed E-state index contributed by atoms with van der Waals surface area (Å²) < 4.78 is 12.8. The van der Waals surface area contributed by atoms with Crippen LogP contribution in [0, 0.1) is 0 Å². The monoisotopic (exact) mass is 491 g/mol. The molecule has 3 aromatic carbocycles. The minimum atomic E-state index is 0.807. The lowest BCUT2D eigenvalue weighted by Gasteiger charge is -2.37. The van der Waals surface area contributed by atoms with E-state index in [1.807, 2.05) is 53.0 Å². The molecule has 0 bridgehead atoms. The fourth-order valence-corrected chi connectivity index (χ4v) is 4.87. The van der Waals surface area contributed by atoms with E-state index in [0.717, 1.165) is 71.7 Å². The van der Waals surface area contributed by atoms with Crippen LogP contribution in [0.4, 0.5) is 11.5 Å². The van der Waals surface area contributed by atoms with Gasteiger partial charge < -0.3 is 19.3 Å². The van der Waals surface area contributed by atoms with Gasteiger partial charge in [0.25, 0.3) is 0 Å². The lowest BCUT2D eigenvalue weighted by molar-refractivity contribution is 0.414. The minimum absolute atomic E-state index is 0.807. The highest BCUT2D eigenvalue weighted by atomic mass is 16.5. The Kier molecular flexibility index (Phi) is 6.10. The highest BCUT2D eigenvalue weighted by Crippen LogP contribution is 2.30. The molecule has 37 heavy (non-hydrogen) atoms. The third-order valence-electron chi connectivity index (χ3n) is 6.87. The van der Waals surface area contributed by atoms with Crippen molar-refractivity contribution in [1.29, 1.82) is 0 Å². The zero-order chi connectivity index (χ0) is 25.2. The van der Waals surface area contributed by atoms with Crippen LogP contribution >= 0.6 is 0 Å². The van der Waals surface area contributed by atoms with E-state index in [-0.39, 0.29) is 0 Å². The summed E-state index contributed by atoms with van der Waals surface area (Å²) in [6.07, 6.45) is 0. The van der Waals surface area contributed by atoms with Crippen LogP contribution in [-0.4, -0.2) is 55.0 Å². The Hall–Kier alpha value is -4.52. The normalized spacial score (nSPS) is 13.7. The first-order valence-corrected chi connectivity index (χ1v) is 12.5. The first kappa shape index (κ1) is 22.9. The number of benzene rings is 3. The van der Waals surface area contributed by atoms with E-state index in [1.165, 1.54) is 5.69 Å². The van der Waals surface area contributed by atoms with E-state index >= 15 is 0 Å². The van der Waals surface area contributed by atoms with Gasteiger partial charge in [0.1, 0.15) is 17.3 Å². The molecule has 0 spiro atoms. The molecule has 0 aliphatic carbocycles. The van der Waals surface area contributed by atoms with E-state index in [9.17, 15) is 0 Å². The van der Waals surface area contributed by atoms with E-state index in [0.29, 0.717) is 0 Å². The Bertz CT molecular complexity index is 1520. The van der Waals surface area contributed by atoms with Crippen LogP contribution in [0.15, 0.2) is 91.0 Å². The fourth-order valence-electron chi connectivity index (χ4n) is 4.87. The van der Waals surface area contributed by atoms with Gasteiger partial charge in [0, 0.05) is 61.2 Å². The van der Waals surface area contributed by atoms with Crippen LogP contribution in [0.1, 0.15) is 0 Å². The second-order valence-electron chi connectivity index (χ2n) is 9.07. The average Bonchev–Trinajstić information content (AvgIpc) is 3.42. The summed E-state index contributed by atoms with van der Waals surface area (Å²) in [6, 6.07) is 30.8. The van der Waals surface area contributed by atoms with E-state index < -0.39 is 0 Å². The van der Waals surface area contributed by atoms with Gasteiger partial charge in [-0.15, -0.1) is 0 Å². The van der Waals surface area contributed by atoms with Crippen LogP contribution in [0.25, 0.3) is 28.2 Å². The van der Waals surface area contributed by atoms with Crippen molar-refractivity contribution in [2.75, 3.05) is 50.2 Å². The summed E-state index contributed by atoms with van der Waals surface area (Å²) in [7, 11) is 3.39. The van der Waals surface area contributed by atoms with Gasteiger partial charge in [-0.05, 0) is 24.3 Å². The molecule has 2 aromatic heterocycles. The summed E-state index contributed by atoms with van der Waals surface area (Å²) in [5, 5.41) is 4.99. The minimum Gasteiger partial charge on any atom is -0.497 e. The van der Waals surface area contributed by atoms with Crippen LogP contribution in [0.2, 0.25) is 0 Å². The SMILES string of the molecule is COc1cccc(-c2cc3nc(-c4ccccc4)cc(N4CCN(c5cccc(OC)c5)CC4)n3n2)c1. The first-order valence-electron chi connectivity index (χ1n) is 12.5. The zero-order valence-corrected chi connectivity index (χ0v) is 21.0. The molecular weight excluding hydrogens is 462 g/mol. The second kappa shape index (κ2) is 9.85. The summed E-state index contributed by atoms with van der Waals surface area (Å²) in [6.45, 7) is 3.56. The van der Waals surface area contributed by atoms with Gasteiger partial charge in [-0.1, -0.05) is 48.5 Å². The maximum absolute atomic E-state index is 5.44. The van der Waals surface area contributed by atoms with Gasteiger partial charge in [0.05, 0.1) is 25.6 Å². The maximum atomic E-state index is 5.44. The summed E-state index contributed by atoms with van der Waals surface area (Å²) in [5.74, 6) is 2.73. The average molecular weight is 492 g/mol. The molecule has 0 saturated carbocycles. The van der Waals surface area contributed by atoms with Crippen molar-refractivity contribution >= 4 is 17.2 Å². The largest absolute Gasteiger partial charge is 0.497 e. The topological polar surface area (TPSA) is 55.1 Å². The number of hydrogen-bond donors (Lipinski definition) is 0. The molecule has 7 nitrogen and oxygen atoms in total. The number of fused-ring (bicyclic) bond motifs is 1. The first-order chi connectivity index (χ1) is 18.2. The molecule has 1 fully saturated rings. The molecular formula is C30H29N5O2. The maximum Gasteiger partial charge on any atom is 0.158 e. The lowest BCUT2D eigenvalue weighted by atomic mass is 10.1. The van der Waals surface area contributed by atoms with Crippen LogP contribution < -0.4 is 19.3 Å². The lowest BCUT2D eigenvalue weighted by Crippen LogP contribution is -2.47. The van der Waals surface area contributed by atoms with E-state index in [4.69, 9.17) is 19.6 Å². The number of rotatable bonds is 6. The number of piperazine rings is 1. The third-order valence-corrected chi connectivity index (χ3v) is 6.87. The van der Waals surface area contributed by atoms with Gasteiger partial charge in [-0.25, -0.2) is 4.98 Å². The number of methoxy groups -OCH3 is 2. The van der Waals surface area contributed by atoms with Gasteiger partial charge in [-0.2, -0.15) is 9.61 Å². The molecule has 0 atom stereocenters. The standard InChI is InChI=1S/C30H29N5O2/c1-36-25-12-6-10-23(18-25)28-20-29-31-27(22-8-4-3-5-9-22)21-30(35(29)32-28)34-16-14-33(15-17-34)24-11-7-13-26(19-24)37-2/h3-13,18-21H,14-17H2,1-2H3. The summed E-state index contributed by atoms with van der Waals surface area (Å²) in [4.78, 5) is 9.80. The Labute approximate surface area is 216 Å². The molecule has 6 rings (SSSR count). The molecule has 1 aliphatic rings. The molecule has 1 saturated heterocycles. The van der Waals surface area contributed by atoms with Crippen molar-refractivity contribution in [2.45, 2.75) is 0 Å². The highest BCUT2D eigenvalue weighted by Gasteiger charge is 2.22. The van der Waals surface area contributed by atoms with Crippen molar-refractivity contribution < 1.29 is 9.47 Å². The Morgan fingerprint density at radius 3 is 2.05 bits per heavy atom. The number of aromatic nitrogens is 3. The smallest absolute Gasteiger partial charge is 0.158 e. The van der Waals surface area contributed by atoms with Crippen molar-refractivity contribution in [3.8, 4) is 34.0 Å². The second-order valence-corrected chi connectivity index (χ2v) is 9.07. The predicted molar refractivity (Wildman–Crippen MR) is 148 cm³/mol. The Morgan fingerprint density at radius 1 is 0.622 bits per heavy atom. The Balaban J connectivity index is 1.37. The van der Waals surface area contributed by atoms with Crippen molar-refractivity contribution in [3.05, 3.63) is 91.0 Å². The van der Waals surface area contributed by atoms with Crippen molar-refractivity contribution in [2.24, 2.45) is 0 Å². The van der Waals surface area contributed by atoms with Crippen molar-refractivity contribution in [1.82, 2.24) is 14.6 Å². The number of anilines is 2. The number of nitrogens with zero attached hydrogens (tertiary/aromatic N) is 5. The van der Waals surface area contributed by atoms with Gasteiger partial charge in [-0.3, -0.25) is 0 Å². The predicted octanol–water partition coefficient (Wildman–Crippen LogP) is 5.41.